The Kier molecular flexibility index (Phi) is 7.69. The number of benzene rings is 2. The third kappa shape index (κ3) is 5.64. The molecule has 1 heterocycles. The highest BCUT2D eigenvalue weighted by atomic mass is 16.1. The molecule has 3 aromatic rings. The van der Waals surface area contributed by atoms with Crippen molar-refractivity contribution in [3.05, 3.63) is 42.5 Å². The van der Waals surface area contributed by atoms with Crippen molar-refractivity contribution in [3.63, 3.8) is 0 Å². The fourth-order valence-corrected chi connectivity index (χ4v) is 3.90. The van der Waals surface area contributed by atoms with Crippen LogP contribution in [0.1, 0.15) is 25.7 Å². The van der Waals surface area contributed by atoms with Crippen molar-refractivity contribution < 1.29 is 9.36 Å². The monoisotopic (exact) mass is 422 g/mol. The number of nitrogens with two attached hydrogens (primary N) is 1. The molecule has 6 heteroatoms. The fourth-order valence-electron chi connectivity index (χ4n) is 3.90. The van der Waals surface area contributed by atoms with Gasteiger partial charge in [0.25, 0.3) is 0 Å². The lowest BCUT2D eigenvalue weighted by Gasteiger charge is -2.15. The normalized spacial score (nSPS) is 11.1. The SMILES string of the molecule is CN(C)c1ccc2cc3ccc(N(C)C)cc3[n+](CCCCCC(=O)NCCN)c2c1. The van der Waals surface area contributed by atoms with Gasteiger partial charge in [0, 0.05) is 88.4 Å². The van der Waals surface area contributed by atoms with E-state index in [1.807, 2.05) is 0 Å². The number of aryl methyl sites for hydroxylation is 1. The Balaban J connectivity index is 1.88. The van der Waals surface area contributed by atoms with Crippen molar-refractivity contribution in [2.24, 2.45) is 5.73 Å². The predicted octanol–water partition coefficient (Wildman–Crippen LogP) is 3.05. The zero-order valence-electron chi connectivity index (χ0n) is 19.3. The summed E-state index contributed by atoms with van der Waals surface area (Å²) in [6.45, 7) is 1.96. The van der Waals surface area contributed by atoms with E-state index in [0.29, 0.717) is 19.5 Å². The molecular formula is C25H36N5O+. The summed E-state index contributed by atoms with van der Waals surface area (Å²) in [6.07, 6.45) is 3.51. The quantitative estimate of drug-likeness (QED) is 0.299. The molecule has 3 rings (SSSR count). The van der Waals surface area contributed by atoms with Crippen LogP contribution in [0.25, 0.3) is 21.8 Å². The number of carbonyl (C=O) groups is 1. The maximum atomic E-state index is 11.8. The first-order valence-corrected chi connectivity index (χ1v) is 11.1. The fraction of sp³-hybridized carbons (Fsp3) is 0.440. The Morgan fingerprint density at radius 3 is 1.97 bits per heavy atom. The van der Waals surface area contributed by atoms with Crippen molar-refractivity contribution in [1.29, 1.82) is 0 Å². The maximum Gasteiger partial charge on any atom is 0.220 e. The largest absolute Gasteiger partial charge is 0.377 e. The van der Waals surface area contributed by atoms with E-state index >= 15 is 0 Å². The van der Waals surface area contributed by atoms with Gasteiger partial charge in [-0.2, -0.15) is 4.57 Å². The molecule has 1 amide bonds. The van der Waals surface area contributed by atoms with Crippen molar-refractivity contribution in [2.75, 3.05) is 51.1 Å². The Labute approximate surface area is 185 Å². The number of nitrogens with zero attached hydrogens (tertiary/aromatic N) is 3. The Morgan fingerprint density at radius 1 is 0.871 bits per heavy atom. The van der Waals surface area contributed by atoms with Crippen molar-refractivity contribution >= 4 is 39.1 Å². The number of amides is 1. The highest BCUT2D eigenvalue weighted by Gasteiger charge is 2.17. The zero-order chi connectivity index (χ0) is 22.4. The second-order valence-electron chi connectivity index (χ2n) is 8.52. The summed E-state index contributed by atoms with van der Waals surface area (Å²) in [6, 6.07) is 15.6. The Hall–Kier alpha value is -2.86. The van der Waals surface area contributed by atoms with E-state index in [9.17, 15) is 4.79 Å². The number of carbonyl (C=O) groups excluding carboxylic acids is 1. The molecule has 0 atom stereocenters. The molecule has 31 heavy (non-hydrogen) atoms. The number of rotatable bonds is 10. The lowest BCUT2D eigenvalue weighted by Crippen LogP contribution is -2.36. The number of fused-ring (bicyclic) bond motifs is 2. The van der Waals surface area contributed by atoms with E-state index in [-0.39, 0.29) is 5.91 Å². The molecule has 0 aliphatic carbocycles. The average Bonchev–Trinajstić information content (AvgIpc) is 2.75. The molecule has 6 nitrogen and oxygen atoms in total. The lowest BCUT2D eigenvalue weighted by atomic mass is 10.1. The molecule has 166 valence electrons. The summed E-state index contributed by atoms with van der Waals surface area (Å²) in [7, 11) is 8.30. The van der Waals surface area contributed by atoms with E-state index in [1.165, 1.54) is 33.2 Å². The number of nitrogens with one attached hydrogen (secondary N) is 1. The Bertz CT molecular complexity index is 979. The van der Waals surface area contributed by atoms with Gasteiger partial charge in [0.1, 0.15) is 6.54 Å². The predicted molar refractivity (Wildman–Crippen MR) is 131 cm³/mol. The summed E-state index contributed by atoms with van der Waals surface area (Å²) in [5.74, 6) is 0.0972. The minimum atomic E-state index is 0.0972. The van der Waals surface area contributed by atoms with Crippen LogP contribution in [0.2, 0.25) is 0 Å². The minimum absolute atomic E-state index is 0.0972. The van der Waals surface area contributed by atoms with Gasteiger partial charge in [-0.1, -0.05) is 0 Å². The van der Waals surface area contributed by atoms with Crippen molar-refractivity contribution in [3.8, 4) is 0 Å². The van der Waals surface area contributed by atoms with Gasteiger partial charge in [-0.15, -0.1) is 0 Å². The number of pyridine rings is 1. The van der Waals surface area contributed by atoms with E-state index in [4.69, 9.17) is 5.73 Å². The van der Waals surface area contributed by atoms with Crippen LogP contribution in [0.5, 0.6) is 0 Å². The molecule has 0 saturated heterocycles. The van der Waals surface area contributed by atoms with Crippen LogP contribution in [0, 0.1) is 0 Å². The molecule has 1 aromatic heterocycles. The molecule has 0 bridgehead atoms. The molecular weight excluding hydrogens is 386 g/mol. The summed E-state index contributed by atoms with van der Waals surface area (Å²) < 4.78 is 2.44. The topological polar surface area (TPSA) is 65.5 Å². The Morgan fingerprint density at radius 2 is 1.45 bits per heavy atom. The molecule has 0 fully saturated rings. The van der Waals surface area contributed by atoms with Crippen LogP contribution in [0.3, 0.4) is 0 Å². The van der Waals surface area contributed by atoms with Gasteiger partial charge < -0.3 is 20.9 Å². The second-order valence-corrected chi connectivity index (χ2v) is 8.52. The smallest absolute Gasteiger partial charge is 0.220 e. The molecule has 0 radical (unpaired) electrons. The van der Waals surface area contributed by atoms with Gasteiger partial charge in [-0.25, -0.2) is 0 Å². The first-order valence-electron chi connectivity index (χ1n) is 11.1. The number of anilines is 2. The standard InChI is InChI=1S/C25H35N5O/c1-28(2)21-11-9-19-16-20-10-12-22(29(3)4)18-24(20)30(23(19)17-21)15-7-5-6-8-25(31)27-14-13-26/h9-12,16-18H,5-8,13-15,26H2,1-4H3/p+1. The van der Waals surface area contributed by atoms with Gasteiger partial charge in [0.2, 0.25) is 16.9 Å². The maximum absolute atomic E-state index is 11.8. The van der Waals surface area contributed by atoms with Crippen LogP contribution in [-0.2, 0) is 11.3 Å². The summed E-state index contributed by atoms with van der Waals surface area (Å²) >= 11 is 0. The number of aromatic nitrogens is 1. The van der Waals surface area contributed by atoms with Gasteiger partial charge in [0.05, 0.1) is 0 Å². The molecule has 0 aliphatic heterocycles. The second kappa shape index (κ2) is 10.4. The molecule has 2 aromatic carbocycles. The third-order valence-corrected chi connectivity index (χ3v) is 5.71. The van der Waals surface area contributed by atoms with Crippen molar-refractivity contribution in [1.82, 2.24) is 5.32 Å². The van der Waals surface area contributed by atoms with Crippen LogP contribution in [0.15, 0.2) is 42.5 Å². The van der Waals surface area contributed by atoms with E-state index < -0.39 is 0 Å². The van der Waals surface area contributed by atoms with E-state index in [0.717, 1.165) is 25.8 Å². The van der Waals surface area contributed by atoms with E-state index in [1.54, 1.807) is 0 Å². The number of unbranched alkanes of at least 4 members (excludes halogenated alkanes) is 2. The van der Waals surface area contributed by atoms with Crippen LogP contribution in [0.4, 0.5) is 11.4 Å². The summed E-state index contributed by atoms with van der Waals surface area (Å²) in [5.41, 5.74) is 10.3. The molecule has 0 aliphatic rings. The summed E-state index contributed by atoms with van der Waals surface area (Å²) in [5, 5.41) is 5.34. The molecule has 0 spiro atoms. The van der Waals surface area contributed by atoms with Crippen LogP contribution >= 0.6 is 0 Å². The third-order valence-electron chi connectivity index (χ3n) is 5.71. The average molecular weight is 423 g/mol. The number of hydrogen-bond acceptors (Lipinski definition) is 4. The first-order chi connectivity index (χ1) is 14.9. The molecule has 3 N–H and O–H groups in total. The molecule has 0 unspecified atom stereocenters. The van der Waals surface area contributed by atoms with Crippen molar-refractivity contribution in [2.45, 2.75) is 32.2 Å². The van der Waals surface area contributed by atoms with Gasteiger partial charge in [-0.3, -0.25) is 4.79 Å². The van der Waals surface area contributed by atoms with Crippen LogP contribution in [-0.4, -0.2) is 47.2 Å². The first kappa shape index (κ1) is 22.8. The summed E-state index contributed by atoms with van der Waals surface area (Å²) in [4.78, 5) is 16.1. The minimum Gasteiger partial charge on any atom is -0.377 e. The lowest BCUT2D eigenvalue weighted by molar-refractivity contribution is -0.645. The highest BCUT2D eigenvalue weighted by molar-refractivity contribution is 5.91. The van der Waals surface area contributed by atoms with Crippen LogP contribution < -0.4 is 25.4 Å². The number of hydrogen-bond donors (Lipinski definition) is 2. The zero-order valence-corrected chi connectivity index (χ0v) is 19.3. The van der Waals surface area contributed by atoms with Gasteiger partial charge >= 0.3 is 0 Å². The van der Waals surface area contributed by atoms with Gasteiger partial charge in [0.15, 0.2) is 0 Å². The molecule has 0 saturated carbocycles. The highest BCUT2D eigenvalue weighted by Crippen LogP contribution is 2.25. The van der Waals surface area contributed by atoms with Gasteiger partial charge in [-0.05, 0) is 43.2 Å². The van der Waals surface area contributed by atoms with E-state index in [2.05, 4.69) is 90.3 Å².